The first-order valence-electron chi connectivity index (χ1n) is 9.34. The third kappa shape index (κ3) is 4.09. The number of nitrogens with zero attached hydrogens (tertiary/aromatic N) is 3. The van der Waals surface area contributed by atoms with Gasteiger partial charge >= 0.3 is 0 Å². The minimum atomic E-state index is -0.132. The average Bonchev–Trinajstić information content (AvgIpc) is 3.10. The van der Waals surface area contributed by atoms with Crippen molar-refractivity contribution in [2.75, 3.05) is 0 Å². The lowest BCUT2D eigenvalue weighted by atomic mass is 10.0. The molecule has 0 bridgehead atoms. The molecule has 0 radical (unpaired) electrons. The highest BCUT2D eigenvalue weighted by Gasteiger charge is 2.17. The van der Waals surface area contributed by atoms with E-state index in [0.717, 1.165) is 26.5 Å². The Kier molecular flexibility index (Phi) is 5.48. The molecule has 29 heavy (non-hydrogen) atoms. The quantitative estimate of drug-likeness (QED) is 0.533. The van der Waals surface area contributed by atoms with Crippen molar-refractivity contribution in [3.63, 3.8) is 0 Å². The van der Waals surface area contributed by atoms with E-state index < -0.39 is 0 Å². The monoisotopic (exact) mass is 404 g/mol. The summed E-state index contributed by atoms with van der Waals surface area (Å²) in [4.78, 5) is 35.7. The Balaban J connectivity index is 1.53. The number of amides is 1. The molecule has 0 atom stereocenters. The highest BCUT2D eigenvalue weighted by molar-refractivity contribution is 7.19. The molecule has 3 aromatic heterocycles. The van der Waals surface area contributed by atoms with E-state index in [1.165, 1.54) is 22.2 Å². The fourth-order valence-electron chi connectivity index (χ4n) is 3.25. The van der Waals surface area contributed by atoms with E-state index in [0.29, 0.717) is 11.9 Å². The Morgan fingerprint density at radius 1 is 1.10 bits per heavy atom. The van der Waals surface area contributed by atoms with E-state index in [9.17, 15) is 9.59 Å². The number of carbonyl (C=O) groups is 1. The molecule has 6 nitrogen and oxygen atoms in total. The molecule has 7 heteroatoms. The number of benzene rings is 1. The number of aromatic nitrogens is 3. The minimum Gasteiger partial charge on any atom is -0.350 e. The molecule has 0 aliphatic heterocycles. The molecule has 0 saturated heterocycles. The summed E-state index contributed by atoms with van der Waals surface area (Å²) in [5.74, 6) is -0.132. The Labute approximate surface area is 171 Å². The van der Waals surface area contributed by atoms with E-state index in [2.05, 4.69) is 15.3 Å². The first-order valence-corrected chi connectivity index (χ1v) is 10.2. The lowest BCUT2D eigenvalue weighted by Gasteiger charge is -2.08. The van der Waals surface area contributed by atoms with Crippen LogP contribution in [-0.2, 0) is 17.9 Å². The van der Waals surface area contributed by atoms with E-state index in [1.54, 1.807) is 6.20 Å². The molecule has 1 amide bonds. The van der Waals surface area contributed by atoms with Gasteiger partial charge in [0, 0.05) is 29.6 Å². The topological polar surface area (TPSA) is 76.9 Å². The highest BCUT2D eigenvalue weighted by atomic mass is 32.1. The molecule has 0 spiro atoms. The molecular weight excluding hydrogens is 384 g/mol. The van der Waals surface area contributed by atoms with Crippen molar-refractivity contribution in [2.45, 2.75) is 26.4 Å². The normalized spacial score (nSPS) is 10.9. The molecule has 146 valence electrons. The van der Waals surface area contributed by atoms with Crippen LogP contribution in [0, 0.1) is 6.92 Å². The molecule has 1 aromatic carbocycles. The van der Waals surface area contributed by atoms with Gasteiger partial charge in [0.1, 0.15) is 4.83 Å². The summed E-state index contributed by atoms with van der Waals surface area (Å²) < 4.78 is 1.52. The fraction of sp³-hybridized carbons (Fsp3) is 0.182. The summed E-state index contributed by atoms with van der Waals surface area (Å²) in [5, 5.41) is 3.45. The van der Waals surface area contributed by atoms with Crippen LogP contribution in [0.25, 0.3) is 21.3 Å². The van der Waals surface area contributed by atoms with Gasteiger partial charge in [-0.15, -0.1) is 11.3 Å². The third-order valence-electron chi connectivity index (χ3n) is 4.69. The van der Waals surface area contributed by atoms with Crippen LogP contribution in [0.4, 0.5) is 0 Å². The summed E-state index contributed by atoms with van der Waals surface area (Å²) in [6.45, 7) is 2.65. The van der Waals surface area contributed by atoms with Crippen LogP contribution in [0.2, 0.25) is 0 Å². The maximum atomic E-state index is 13.1. The predicted molar refractivity (Wildman–Crippen MR) is 115 cm³/mol. The molecule has 4 rings (SSSR count). The first-order chi connectivity index (χ1) is 14.1. The zero-order valence-corrected chi connectivity index (χ0v) is 16.8. The van der Waals surface area contributed by atoms with Gasteiger partial charge in [0.25, 0.3) is 5.56 Å². The number of rotatable bonds is 6. The number of thiophene rings is 1. The van der Waals surface area contributed by atoms with Crippen LogP contribution in [0.3, 0.4) is 0 Å². The van der Waals surface area contributed by atoms with Crippen LogP contribution in [0.1, 0.15) is 17.0 Å². The summed E-state index contributed by atoms with van der Waals surface area (Å²) in [5.41, 5.74) is 2.61. The number of fused-ring (bicyclic) bond motifs is 1. The van der Waals surface area contributed by atoms with Gasteiger partial charge in [-0.1, -0.05) is 36.4 Å². The Bertz CT molecular complexity index is 1200. The molecule has 0 aliphatic carbocycles. The van der Waals surface area contributed by atoms with Gasteiger partial charge in [-0.25, -0.2) is 4.98 Å². The van der Waals surface area contributed by atoms with Gasteiger partial charge < -0.3 is 5.32 Å². The number of pyridine rings is 1. The van der Waals surface area contributed by atoms with E-state index in [-0.39, 0.29) is 24.4 Å². The highest BCUT2D eigenvalue weighted by Crippen LogP contribution is 2.35. The number of hydrogen-bond acceptors (Lipinski definition) is 5. The first kappa shape index (κ1) is 19.0. The standard InChI is InChI=1S/C22H20N4O2S/c1-15-19(16-7-3-2-4-8-16)20-21(29-15)25-14-26(22(20)28)12-10-18(27)24-13-17-9-5-6-11-23-17/h2-9,11,14H,10,12-13H2,1H3,(H,24,27). The SMILES string of the molecule is Cc1sc2ncn(CCC(=O)NCc3ccccn3)c(=O)c2c1-c1ccccc1. The maximum Gasteiger partial charge on any atom is 0.262 e. The van der Waals surface area contributed by atoms with Crippen LogP contribution in [0.15, 0.2) is 65.8 Å². The second-order valence-corrected chi connectivity index (χ2v) is 7.87. The van der Waals surface area contributed by atoms with Crippen molar-refractivity contribution in [1.82, 2.24) is 19.9 Å². The summed E-state index contributed by atoms with van der Waals surface area (Å²) in [6.07, 6.45) is 3.42. The van der Waals surface area contributed by atoms with Gasteiger partial charge in [-0.3, -0.25) is 19.1 Å². The van der Waals surface area contributed by atoms with Crippen molar-refractivity contribution in [3.8, 4) is 11.1 Å². The number of hydrogen-bond donors (Lipinski definition) is 1. The number of nitrogens with one attached hydrogen (secondary N) is 1. The molecule has 1 N–H and O–H groups in total. The van der Waals surface area contributed by atoms with Crippen molar-refractivity contribution in [2.24, 2.45) is 0 Å². The summed E-state index contributed by atoms with van der Waals surface area (Å²) >= 11 is 1.52. The smallest absolute Gasteiger partial charge is 0.262 e. The van der Waals surface area contributed by atoms with E-state index >= 15 is 0 Å². The van der Waals surface area contributed by atoms with Crippen molar-refractivity contribution < 1.29 is 4.79 Å². The fourth-order valence-corrected chi connectivity index (χ4v) is 4.25. The average molecular weight is 404 g/mol. The van der Waals surface area contributed by atoms with Gasteiger partial charge in [-0.05, 0) is 24.6 Å². The third-order valence-corrected chi connectivity index (χ3v) is 5.70. The minimum absolute atomic E-state index is 0.115. The molecule has 4 aromatic rings. The van der Waals surface area contributed by atoms with Crippen molar-refractivity contribution in [3.05, 3.63) is 82.0 Å². The Hall–Kier alpha value is -3.32. The molecule has 0 fully saturated rings. The zero-order chi connectivity index (χ0) is 20.2. The molecule has 3 heterocycles. The molecular formula is C22H20N4O2S. The predicted octanol–water partition coefficient (Wildman–Crippen LogP) is 3.53. The van der Waals surface area contributed by atoms with Crippen LogP contribution < -0.4 is 10.9 Å². The van der Waals surface area contributed by atoms with Gasteiger partial charge in [0.2, 0.25) is 5.91 Å². The lowest BCUT2D eigenvalue weighted by Crippen LogP contribution is -2.27. The van der Waals surface area contributed by atoms with E-state index in [1.807, 2.05) is 55.5 Å². The zero-order valence-electron chi connectivity index (χ0n) is 16.0. The van der Waals surface area contributed by atoms with Crippen LogP contribution in [0.5, 0.6) is 0 Å². The summed E-state index contributed by atoms with van der Waals surface area (Å²) in [6, 6.07) is 15.4. The maximum absolute atomic E-state index is 13.1. The largest absolute Gasteiger partial charge is 0.350 e. The van der Waals surface area contributed by atoms with Gasteiger partial charge in [-0.2, -0.15) is 0 Å². The second-order valence-electron chi connectivity index (χ2n) is 6.67. The Morgan fingerprint density at radius 2 is 1.90 bits per heavy atom. The number of aryl methyl sites for hydroxylation is 2. The van der Waals surface area contributed by atoms with Crippen molar-refractivity contribution >= 4 is 27.5 Å². The second kappa shape index (κ2) is 8.36. The Morgan fingerprint density at radius 3 is 2.66 bits per heavy atom. The molecule has 0 aliphatic rings. The van der Waals surface area contributed by atoms with E-state index in [4.69, 9.17) is 0 Å². The number of carbonyl (C=O) groups excluding carboxylic acids is 1. The van der Waals surface area contributed by atoms with Crippen LogP contribution in [-0.4, -0.2) is 20.4 Å². The molecule has 0 unspecified atom stereocenters. The lowest BCUT2D eigenvalue weighted by molar-refractivity contribution is -0.121. The molecule has 0 saturated carbocycles. The van der Waals surface area contributed by atoms with Crippen LogP contribution >= 0.6 is 11.3 Å². The van der Waals surface area contributed by atoms with Gasteiger partial charge in [0.05, 0.1) is 24.0 Å². The van der Waals surface area contributed by atoms with Gasteiger partial charge in [0.15, 0.2) is 0 Å². The summed E-state index contributed by atoms with van der Waals surface area (Å²) in [7, 11) is 0. The van der Waals surface area contributed by atoms with Crippen molar-refractivity contribution in [1.29, 1.82) is 0 Å².